The molecule has 25 heavy (non-hydrogen) atoms. The molecular formula is C21H23NO3. The number of para-hydroxylation sites is 1. The number of ketones is 1. The van der Waals surface area contributed by atoms with E-state index in [2.05, 4.69) is 23.1 Å². The van der Waals surface area contributed by atoms with Crippen LogP contribution in [-0.2, 0) is 12.8 Å². The molecule has 0 saturated heterocycles. The predicted octanol–water partition coefficient (Wildman–Crippen LogP) is 3.01. The van der Waals surface area contributed by atoms with Crippen molar-refractivity contribution in [1.29, 1.82) is 0 Å². The summed E-state index contributed by atoms with van der Waals surface area (Å²) in [6, 6.07) is 14.0. The number of nitrogens with zero attached hydrogens (tertiary/aromatic N) is 1. The topological polar surface area (TPSA) is 49.8 Å². The van der Waals surface area contributed by atoms with Crippen LogP contribution in [0.1, 0.15) is 34.3 Å². The number of hydrogen-bond acceptors (Lipinski definition) is 4. The van der Waals surface area contributed by atoms with E-state index < -0.39 is 6.10 Å². The number of carbonyl (C=O) groups excluding carboxylic acids is 1. The van der Waals surface area contributed by atoms with Crippen LogP contribution in [0.25, 0.3) is 0 Å². The van der Waals surface area contributed by atoms with Crippen molar-refractivity contribution in [3.8, 4) is 5.75 Å². The number of benzene rings is 2. The molecule has 4 rings (SSSR count). The number of ether oxygens (including phenoxy) is 1. The predicted molar refractivity (Wildman–Crippen MR) is 97.6 cm³/mol. The summed E-state index contributed by atoms with van der Waals surface area (Å²) in [5, 5.41) is 10.4. The van der Waals surface area contributed by atoms with Gasteiger partial charge in [-0.05, 0) is 37.0 Å². The van der Waals surface area contributed by atoms with Gasteiger partial charge >= 0.3 is 0 Å². The summed E-state index contributed by atoms with van der Waals surface area (Å²) in [5.41, 5.74) is 4.33. The molecule has 1 heterocycles. The van der Waals surface area contributed by atoms with Gasteiger partial charge in [-0.1, -0.05) is 30.3 Å². The van der Waals surface area contributed by atoms with Crippen molar-refractivity contribution >= 4 is 11.5 Å². The lowest BCUT2D eigenvalue weighted by atomic mass is 9.90. The Morgan fingerprint density at radius 2 is 1.96 bits per heavy atom. The minimum Gasteiger partial charge on any atom is -0.491 e. The fraction of sp³-hybridized carbons (Fsp3) is 0.381. The highest BCUT2D eigenvalue weighted by atomic mass is 16.5. The molecule has 0 amide bonds. The zero-order chi connectivity index (χ0) is 17.2. The van der Waals surface area contributed by atoms with Crippen molar-refractivity contribution in [3.05, 3.63) is 59.2 Å². The Kier molecular flexibility index (Phi) is 4.45. The van der Waals surface area contributed by atoms with Gasteiger partial charge in [-0.3, -0.25) is 4.79 Å². The second-order valence-corrected chi connectivity index (χ2v) is 6.85. The van der Waals surface area contributed by atoms with Gasteiger partial charge in [0.05, 0.1) is 0 Å². The molecule has 2 aromatic rings. The fourth-order valence-electron chi connectivity index (χ4n) is 3.87. The summed E-state index contributed by atoms with van der Waals surface area (Å²) < 4.78 is 5.88. The Hall–Kier alpha value is -2.33. The molecule has 0 spiro atoms. The highest BCUT2D eigenvalue weighted by molar-refractivity contribution is 5.99. The number of rotatable bonds is 5. The zero-order valence-electron chi connectivity index (χ0n) is 14.3. The summed E-state index contributed by atoms with van der Waals surface area (Å²) in [6.45, 7) is 1.74. The van der Waals surface area contributed by atoms with Gasteiger partial charge in [-0.25, -0.2) is 0 Å². The molecule has 0 bridgehead atoms. The number of Topliss-reactive ketones (excluding diaryl/α,β-unsaturated/α-hetero) is 1. The second kappa shape index (κ2) is 6.89. The Morgan fingerprint density at radius 3 is 2.88 bits per heavy atom. The number of β-amino-alcohol motifs (C(OH)–C–C–N with tert-alkyl or cyclic N) is 1. The summed E-state index contributed by atoms with van der Waals surface area (Å²) in [4.78, 5) is 14.2. The molecule has 1 atom stereocenters. The summed E-state index contributed by atoms with van der Waals surface area (Å²) in [6.07, 6.45) is 2.82. The van der Waals surface area contributed by atoms with Gasteiger partial charge in [0.1, 0.15) is 18.5 Å². The lowest BCUT2D eigenvalue weighted by Gasteiger charge is -2.24. The molecule has 0 fully saturated rings. The number of aliphatic hydroxyl groups is 1. The van der Waals surface area contributed by atoms with Crippen molar-refractivity contribution in [3.63, 3.8) is 0 Å². The van der Waals surface area contributed by atoms with Gasteiger partial charge in [0, 0.05) is 36.3 Å². The second-order valence-electron chi connectivity index (χ2n) is 6.85. The molecule has 0 unspecified atom stereocenters. The van der Waals surface area contributed by atoms with Gasteiger partial charge in [-0.15, -0.1) is 0 Å². The Labute approximate surface area is 148 Å². The zero-order valence-corrected chi connectivity index (χ0v) is 14.3. The maximum Gasteiger partial charge on any atom is 0.163 e. The smallest absolute Gasteiger partial charge is 0.163 e. The van der Waals surface area contributed by atoms with Crippen LogP contribution in [0.4, 0.5) is 5.69 Å². The molecule has 2 aliphatic rings. The molecule has 130 valence electrons. The minimum atomic E-state index is -0.568. The van der Waals surface area contributed by atoms with Crippen LogP contribution >= 0.6 is 0 Å². The first kappa shape index (κ1) is 16.2. The molecular weight excluding hydrogens is 314 g/mol. The standard InChI is InChI=1S/C21H23NO3/c23-16(13-22-12-11-15-5-1-2-8-19(15)22)14-25-21-10-4-6-17-18(21)7-3-9-20(17)24/h1-2,4-6,8,10,16,23H,3,7,9,11-14H2/t16-/m0/s1. The van der Waals surface area contributed by atoms with E-state index in [1.54, 1.807) is 0 Å². The first-order valence-electron chi connectivity index (χ1n) is 9.01. The number of hydrogen-bond donors (Lipinski definition) is 1. The van der Waals surface area contributed by atoms with Crippen LogP contribution in [-0.4, -0.2) is 36.7 Å². The maximum absolute atomic E-state index is 12.0. The average molecular weight is 337 g/mol. The van der Waals surface area contributed by atoms with Gasteiger partial charge < -0.3 is 14.7 Å². The van der Waals surface area contributed by atoms with Gasteiger partial charge in [0.2, 0.25) is 0 Å². The van der Waals surface area contributed by atoms with E-state index in [4.69, 9.17) is 4.74 Å². The van der Waals surface area contributed by atoms with Crippen LogP contribution in [0.3, 0.4) is 0 Å². The van der Waals surface area contributed by atoms with Gasteiger partial charge in [0.15, 0.2) is 5.78 Å². The number of fused-ring (bicyclic) bond motifs is 2. The normalized spacial score (nSPS) is 17.2. The minimum absolute atomic E-state index is 0.195. The molecule has 0 saturated carbocycles. The van der Waals surface area contributed by atoms with E-state index in [1.807, 2.05) is 24.3 Å². The number of carbonyl (C=O) groups is 1. The molecule has 1 aliphatic heterocycles. The van der Waals surface area contributed by atoms with Crippen molar-refractivity contribution in [1.82, 2.24) is 0 Å². The van der Waals surface area contributed by atoms with E-state index in [0.717, 1.165) is 42.7 Å². The summed E-state index contributed by atoms with van der Waals surface area (Å²) >= 11 is 0. The summed E-state index contributed by atoms with van der Waals surface area (Å²) in [5.74, 6) is 0.937. The first-order chi connectivity index (χ1) is 12.2. The largest absolute Gasteiger partial charge is 0.491 e. The molecule has 4 heteroatoms. The Balaban J connectivity index is 1.39. The lowest BCUT2D eigenvalue weighted by molar-refractivity contribution is 0.0968. The average Bonchev–Trinajstić information content (AvgIpc) is 3.03. The molecule has 0 aromatic heterocycles. The van der Waals surface area contributed by atoms with Gasteiger partial charge in [-0.2, -0.15) is 0 Å². The molecule has 1 aliphatic carbocycles. The Morgan fingerprint density at radius 1 is 1.08 bits per heavy atom. The molecule has 1 N–H and O–H groups in total. The third kappa shape index (κ3) is 3.27. The van der Waals surface area contributed by atoms with Crippen LogP contribution in [0, 0.1) is 0 Å². The molecule has 0 radical (unpaired) electrons. The van der Waals surface area contributed by atoms with Crippen LogP contribution in [0.5, 0.6) is 5.75 Å². The van der Waals surface area contributed by atoms with E-state index >= 15 is 0 Å². The van der Waals surface area contributed by atoms with Crippen molar-refractivity contribution in [2.24, 2.45) is 0 Å². The van der Waals surface area contributed by atoms with E-state index in [-0.39, 0.29) is 12.4 Å². The lowest BCUT2D eigenvalue weighted by Crippen LogP contribution is -2.34. The third-order valence-corrected chi connectivity index (χ3v) is 5.11. The van der Waals surface area contributed by atoms with Crippen LogP contribution < -0.4 is 9.64 Å². The van der Waals surface area contributed by atoms with Crippen molar-refractivity contribution in [2.45, 2.75) is 31.8 Å². The van der Waals surface area contributed by atoms with Crippen molar-refractivity contribution in [2.75, 3.05) is 24.6 Å². The highest BCUT2D eigenvalue weighted by Crippen LogP contribution is 2.30. The number of anilines is 1. The van der Waals surface area contributed by atoms with E-state index in [9.17, 15) is 9.90 Å². The van der Waals surface area contributed by atoms with Gasteiger partial charge in [0.25, 0.3) is 0 Å². The third-order valence-electron chi connectivity index (χ3n) is 5.11. The maximum atomic E-state index is 12.0. The highest BCUT2D eigenvalue weighted by Gasteiger charge is 2.23. The quantitative estimate of drug-likeness (QED) is 0.911. The monoisotopic (exact) mass is 337 g/mol. The fourth-order valence-corrected chi connectivity index (χ4v) is 3.87. The summed E-state index contributed by atoms with van der Waals surface area (Å²) in [7, 11) is 0. The Bertz CT molecular complexity index is 786. The van der Waals surface area contributed by atoms with E-state index in [1.165, 1.54) is 11.3 Å². The van der Waals surface area contributed by atoms with E-state index in [0.29, 0.717) is 13.0 Å². The SMILES string of the molecule is O=C1CCCc2c(OC[C@@H](O)CN3CCc4ccccc43)cccc21. The van der Waals surface area contributed by atoms with Crippen LogP contribution in [0.2, 0.25) is 0 Å². The number of aliphatic hydroxyl groups excluding tert-OH is 1. The van der Waals surface area contributed by atoms with Crippen LogP contribution in [0.15, 0.2) is 42.5 Å². The van der Waals surface area contributed by atoms with Crippen molar-refractivity contribution < 1.29 is 14.6 Å². The molecule has 2 aromatic carbocycles. The first-order valence-corrected chi connectivity index (χ1v) is 9.01. The molecule has 4 nitrogen and oxygen atoms in total.